The molecule has 28 heavy (non-hydrogen) atoms. The van der Waals surface area contributed by atoms with Crippen LogP contribution in [0.3, 0.4) is 0 Å². The fourth-order valence-electron chi connectivity index (χ4n) is 3.74. The summed E-state index contributed by atoms with van der Waals surface area (Å²) in [5.41, 5.74) is 3.37. The van der Waals surface area contributed by atoms with Gasteiger partial charge in [0.05, 0.1) is 13.2 Å². The molecule has 3 rings (SSSR count). The summed E-state index contributed by atoms with van der Waals surface area (Å²) in [6.07, 6.45) is 2.46. The third-order valence-electron chi connectivity index (χ3n) is 5.27. The van der Waals surface area contributed by atoms with Gasteiger partial charge in [0, 0.05) is 25.7 Å². The number of aliphatic hydroxyl groups excluding tert-OH is 1. The SMILES string of the molecule is CCNC(=NCc1ccccc1CO)NCC1CCCN1Cc1ccccc1. The second-order valence-corrected chi connectivity index (χ2v) is 7.26. The lowest BCUT2D eigenvalue weighted by molar-refractivity contribution is 0.245. The molecule has 0 spiro atoms. The molecule has 1 fully saturated rings. The minimum atomic E-state index is 0.0478. The van der Waals surface area contributed by atoms with E-state index in [1.807, 2.05) is 24.3 Å². The number of nitrogens with zero attached hydrogens (tertiary/aromatic N) is 2. The number of guanidine groups is 1. The summed E-state index contributed by atoms with van der Waals surface area (Å²) < 4.78 is 0. The van der Waals surface area contributed by atoms with Crippen molar-refractivity contribution in [1.82, 2.24) is 15.5 Å². The summed E-state index contributed by atoms with van der Waals surface area (Å²) in [4.78, 5) is 7.29. The molecule has 1 saturated heterocycles. The highest BCUT2D eigenvalue weighted by Crippen LogP contribution is 2.19. The number of nitrogens with one attached hydrogen (secondary N) is 2. The summed E-state index contributed by atoms with van der Waals surface area (Å²) in [6.45, 7) is 6.56. The van der Waals surface area contributed by atoms with Gasteiger partial charge in [0.1, 0.15) is 0 Å². The Balaban J connectivity index is 1.57. The Hall–Kier alpha value is -2.37. The molecule has 2 aromatic carbocycles. The molecule has 150 valence electrons. The number of aliphatic imine (C=N–C) groups is 1. The molecular weight excluding hydrogens is 348 g/mol. The maximum atomic E-state index is 9.50. The molecular formula is C23H32N4O. The first-order valence-electron chi connectivity index (χ1n) is 10.3. The maximum Gasteiger partial charge on any atom is 0.191 e. The topological polar surface area (TPSA) is 59.9 Å². The van der Waals surface area contributed by atoms with E-state index in [0.717, 1.165) is 43.3 Å². The van der Waals surface area contributed by atoms with E-state index in [9.17, 15) is 5.11 Å². The van der Waals surface area contributed by atoms with E-state index < -0.39 is 0 Å². The molecule has 2 aromatic rings. The van der Waals surface area contributed by atoms with Gasteiger partial charge in [0.2, 0.25) is 0 Å². The van der Waals surface area contributed by atoms with Gasteiger partial charge in [-0.25, -0.2) is 4.99 Å². The quantitative estimate of drug-likeness (QED) is 0.487. The highest BCUT2D eigenvalue weighted by molar-refractivity contribution is 5.79. The van der Waals surface area contributed by atoms with Gasteiger partial charge in [0.15, 0.2) is 5.96 Å². The van der Waals surface area contributed by atoms with Crippen LogP contribution in [0.5, 0.6) is 0 Å². The van der Waals surface area contributed by atoms with E-state index >= 15 is 0 Å². The highest BCUT2D eigenvalue weighted by Gasteiger charge is 2.24. The molecule has 0 aromatic heterocycles. The predicted octanol–water partition coefficient (Wildman–Crippen LogP) is 2.90. The van der Waals surface area contributed by atoms with Crippen molar-refractivity contribution in [1.29, 1.82) is 0 Å². The van der Waals surface area contributed by atoms with Gasteiger partial charge in [-0.1, -0.05) is 54.6 Å². The molecule has 1 aliphatic heterocycles. The van der Waals surface area contributed by atoms with Crippen LogP contribution in [0.2, 0.25) is 0 Å². The highest BCUT2D eigenvalue weighted by atomic mass is 16.3. The van der Waals surface area contributed by atoms with Crippen molar-refractivity contribution in [2.75, 3.05) is 19.6 Å². The molecule has 0 saturated carbocycles. The Morgan fingerprint density at radius 1 is 1.07 bits per heavy atom. The zero-order chi connectivity index (χ0) is 19.6. The first-order chi connectivity index (χ1) is 13.8. The predicted molar refractivity (Wildman–Crippen MR) is 115 cm³/mol. The van der Waals surface area contributed by atoms with Crippen molar-refractivity contribution in [3.8, 4) is 0 Å². The number of benzene rings is 2. The van der Waals surface area contributed by atoms with Crippen molar-refractivity contribution >= 4 is 5.96 Å². The zero-order valence-corrected chi connectivity index (χ0v) is 16.8. The summed E-state index contributed by atoms with van der Waals surface area (Å²) in [5, 5.41) is 16.4. The molecule has 0 bridgehead atoms. The molecule has 1 atom stereocenters. The smallest absolute Gasteiger partial charge is 0.191 e. The van der Waals surface area contributed by atoms with Crippen LogP contribution < -0.4 is 10.6 Å². The molecule has 0 aliphatic carbocycles. The number of rotatable bonds is 8. The summed E-state index contributed by atoms with van der Waals surface area (Å²) in [6, 6.07) is 19.1. The molecule has 1 unspecified atom stereocenters. The average molecular weight is 381 g/mol. The summed E-state index contributed by atoms with van der Waals surface area (Å²) >= 11 is 0. The Bertz CT molecular complexity index is 747. The fraction of sp³-hybridized carbons (Fsp3) is 0.435. The standard InChI is InChI=1S/C23H32N4O/c1-2-24-23(25-15-20-11-6-7-12-21(20)18-28)26-16-22-13-8-14-27(22)17-19-9-4-3-5-10-19/h3-7,9-12,22,28H,2,8,13-18H2,1H3,(H2,24,25,26). The van der Waals surface area contributed by atoms with Crippen LogP contribution in [0.1, 0.15) is 36.5 Å². The van der Waals surface area contributed by atoms with Crippen LogP contribution in [0.25, 0.3) is 0 Å². The molecule has 5 nitrogen and oxygen atoms in total. The fourth-order valence-corrected chi connectivity index (χ4v) is 3.74. The lowest BCUT2D eigenvalue weighted by Crippen LogP contribution is -2.44. The molecule has 1 aliphatic rings. The first kappa shape index (κ1) is 20.4. The minimum absolute atomic E-state index is 0.0478. The van der Waals surface area contributed by atoms with Gasteiger partial charge in [0.25, 0.3) is 0 Å². The number of hydrogen-bond acceptors (Lipinski definition) is 3. The van der Waals surface area contributed by atoms with Crippen LogP contribution in [-0.4, -0.2) is 41.6 Å². The third kappa shape index (κ3) is 5.81. The van der Waals surface area contributed by atoms with Gasteiger partial charge in [-0.3, -0.25) is 4.90 Å². The average Bonchev–Trinajstić information content (AvgIpc) is 3.18. The Morgan fingerprint density at radius 3 is 2.57 bits per heavy atom. The van der Waals surface area contributed by atoms with Gasteiger partial charge < -0.3 is 15.7 Å². The number of aliphatic hydroxyl groups is 1. The van der Waals surface area contributed by atoms with Crippen LogP contribution >= 0.6 is 0 Å². The Kier molecular flexibility index (Phi) is 7.88. The van der Waals surface area contributed by atoms with Crippen molar-refractivity contribution in [3.05, 3.63) is 71.3 Å². The van der Waals surface area contributed by atoms with Crippen LogP contribution in [0, 0.1) is 0 Å². The second kappa shape index (κ2) is 10.8. The maximum absolute atomic E-state index is 9.50. The summed E-state index contributed by atoms with van der Waals surface area (Å²) in [5.74, 6) is 0.835. The van der Waals surface area contributed by atoms with E-state index in [1.165, 1.54) is 18.4 Å². The van der Waals surface area contributed by atoms with Crippen LogP contribution in [-0.2, 0) is 19.7 Å². The van der Waals surface area contributed by atoms with E-state index in [0.29, 0.717) is 12.6 Å². The molecule has 5 heteroatoms. The molecule has 3 N–H and O–H groups in total. The molecule has 0 amide bonds. The zero-order valence-electron chi connectivity index (χ0n) is 16.8. The first-order valence-corrected chi connectivity index (χ1v) is 10.3. The normalized spacial score (nSPS) is 17.6. The Labute approximate surface area is 168 Å². The lowest BCUT2D eigenvalue weighted by Gasteiger charge is -2.25. The van der Waals surface area contributed by atoms with E-state index in [4.69, 9.17) is 4.99 Å². The van der Waals surface area contributed by atoms with Gasteiger partial charge in [-0.05, 0) is 43.0 Å². The minimum Gasteiger partial charge on any atom is -0.392 e. The molecule has 0 radical (unpaired) electrons. The van der Waals surface area contributed by atoms with Crippen molar-refractivity contribution in [3.63, 3.8) is 0 Å². The second-order valence-electron chi connectivity index (χ2n) is 7.26. The monoisotopic (exact) mass is 380 g/mol. The van der Waals surface area contributed by atoms with Gasteiger partial charge in [-0.15, -0.1) is 0 Å². The van der Waals surface area contributed by atoms with Crippen LogP contribution in [0.15, 0.2) is 59.6 Å². The number of likely N-dealkylation sites (tertiary alicyclic amines) is 1. The van der Waals surface area contributed by atoms with Gasteiger partial charge >= 0.3 is 0 Å². The van der Waals surface area contributed by atoms with Crippen LogP contribution in [0.4, 0.5) is 0 Å². The summed E-state index contributed by atoms with van der Waals surface area (Å²) in [7, 11) is 0. The number of hydrogen-bond donors (Lipinski definition) is 3. The molecule has 1 heterocycles. The van der Waals surface area contributed by atoms with Crippen molar-refractivity contribution < 1.29 is 5.11 Å². The van der Waals surface area contributed by atoms with Gasteiger partial charge in [-0.2, -0.15) is 0 Å². The van der Waals surface area contributed by atoms with E-state index in [2.05, 4.69) is 52.8 Å². The Morgan fingerprint density at radius 2 is 1.82 bits per heavy atom. The third-order valence-corrected chi connectivity index (χ3v) is 5.27. The lowest BCUT2D eigenvalue weighted by atomic mass is 10.1. The van der Waals surface area contributed by atoms with E-state index in [-0.39, 0.29) is 6.61 Å². The van der Waals surface area contributed by atoms with Crippen molar-refractivity contribution in [2.24, 2.45) is 4.99 Å². The van der Waals surface area contributed by atoms with Crippen molar-refractivity contribution in [2.45, 2.75) is 45.5 Å². The van der Waals surface area contributed by atoms with E-state index in [1.54, 1.807) is 0 Å². The largest absolute Gasteiger partial charge is 0.392 e.